The highest BCUT2D eigenvalue weighted by atomic mass is 16.6. The molecular weight excluding hydrogens is 348 g/mol. The summed E-state index contributed by atoms with van der Waals surface area (Å²) in [7, 11) is 1.29. The number of carbonyl (C=O) groups is 2. The van der Waals surface area contributed by atoms with E-state index < -0.39 is 23.5 Å². The Morgan fingerprint density at radius 3 is 2.26 bits per heavy atom. The van der Waals surface area contributed by atoms with Crippen LogP contribution < -0.4 is 5.73 Å². The van der Waals surface area contributed by atoms with Gasteiger partial charge in [0, 0.05) is 0 Å². The van der Waals surface area contributed by atoms with Crippen molar-refractivity contribution in [1.82, 2.24) is 0 Å². The van der Waals surface area contributed by atoms with Crippen LogP contribution in [-0.4, -0.2) is 24.6 Å². The van der Waals surface area contributed by atoms with Gasteiger partial charge >= 0.3 is 11.9 Å². The Kier molecular flexibility index (Phi) is 5.60. The van der Waals surface area contributed by atoms with Crippen molar-refractivity contribution in [1.29, 1.82) is 5.26 Å². The van der Waals surface area contributed by atoms with Gasteiger partial charge in [0.05, 0.1) is 24.2 Å². The summed E-state index contributed by atoms with van der Waals surface area (Å²) in [6, 6.07) is 8.42. The highest BCUT2D eigenvalue weighted by Gasteiger charge is 2.37. The van der Waals surface area contributed by atoms with E-state index in [1.54, 1.807) is 52.0 Å². The molecule has 1 aromatic rings. The van der Waals surface area contributed by atoms with Crippen LogP contribution in [0.1, 0.15) is 49.5 Å². The van der Waals surface area contributed by atoms with Gasteiger partial charge in [-0.2, -0.15) is 5.26 Å². The molecule has 0 spiro atoms. The van der Waals surface area contributed by atoms with E-state index in [2.05, 4.69) is 4.74 Å². The van der Waals surface area contributed by atoms with E-state index in [1.165, 1.54) is 7.11 Å². The first-order valence-corrected chi connectivity index (χ1v) is 8.29. The molecule has 0 saturated heterocycles. The fourth-order valence-electron chi connectivity index (χ4n) is 2.74. The molecular formula is C20H22N2O5. The zero-order valence-corrected chi connectivity index (χ0v) is 16.0. The minimum Gasteiger partial charge on any atom is -0.465 e. The highest BCUT2D eigenvalue weighted by molar-refractivity contribution is 5.93. The third-order valence-corrected chi connectivity index (χ3v) is 3.89. The third-order valence-electron chi connectivity index (χ3n) is 3.89. The topological polar surface area (TPSA) is 112 Å². The van der Waals surface area contributed by atoms with Gasteiger partial charge in [0.25, 0.3) is 0 Å². The van der Waals surface area contributed by atoms with Crippen molar-refractivity contribution in [2.75, 3.05) is 7.11 Å². The van der Waals surface area contributed by atoms with Gasteiger partial charge in [-0.25, -0.2) is 9.59 Å². The summed E-state index contributed by atoms with van der Waals surface area (Å²) >= 11 is 0. The van der Waals surface area contributed by atoms with Crippen LogP contribution in [0, 0.1) is 11.3 Å². The van der Waals surface area contributed by atoms with Crippen LogP contribution in [0.5, 0.6) is 0 Å². The van der Waals surface area contributed by atoms with Crippen molar-refractivity contribution in [3.63, 3.8) is 0 Å². The van der Waals surface area contributed by atoms with Crippen molar-refractivity contribution < 1.29 is 23.8 Å². The fraction of sp³-hybridized carbons (Fsp3) is 0.350. The molecule has 2 rings (SSSR count). The van der Waals surface area contributed by atoms with Crippen LogP contribution in [0.2, 0.25) is 0 Å². The number of ether oxygens (including phenoxy) is 3. The van der Waals surface area contributed by atoms with Crippen LogP contribution in [0.25, 0.3) is 0 Å². The van der Waals surface area contributed by atoms with Crippen LogP contribution in [-0.2, 0) is 19.0 Å². The van der Waals surface area contributed by atoms with Gasteiger partial charge in [0.1, 0.15) is 23.0 Å². The van der Waals surface area contributed by atoms with Gasteiger partial charge in [0.15, 0.2) is 0 Å². The van der Waals surface area contributed by atoms with E-state index in [1.807, 2.05) is 6.07 Å². The maximum atomic E-state index is 12.8. The van der Waals surface area contributed by atoms with E-state index in [4.69, 9.17) is 15.2 Å². The molecule has 0 amide bonds. The van der Waals surface area contributed by atoms with Crippen molar-refractivity contribution in [2.24, 2.45) is 5.73 Å². The van der Waals surface area contributed by atoms with Crippen LogP contribution in [0.15, 0.2) is 47.1 Å². The average Bonchev–Trinajstić information content (AvgIpc) is 2.59. The summed E-state index contributed by atoms with van der Waals surface area (Å²) in [6.45, 7) is 6.84. The molecule has 0 fully saturated rings. The Hall–Kier alpha value is -3.27. The van der Waals surface area contributed by atoms with Gasteiger partial charge in [0.2, 0.25) is 5.88 Å². The second kappa shape index (κ2) is 7.54. The Balaban J connectivity index is 2.55. The molecule has 1 aliphatic heterocycles. The second-order valence-corrected chi connectivity index (χ2v) is 7.01. The van der Waals surface area contributed by atoms with Gasteiger partial charge in [-0.1, -0.05) is 12.1 Å². The van der Waals surface area contributed by atoms with E-state index in [-0.39, 0.29) is 22.8 Å². The van der Waals surface area contributed by atoms with E-state index in [9.17, 15) is 14.9 Å². The normalized spacial score (nSPS) is 17.1. The fourth-order valence-corrected chi connectivity index (χ4v) is 2.74. The lowest BCUT2D eigenvalue weighted by Gasteiger charge is -2.29. The minimum absolute atomic E-state index is 0.0654. The zero-order chi connectivity index (χ0) is 20.4. The molecule has 7 heteroatoms. The Labute approximate surface area is 158 Å². The van der Waals surface area contributed by atoms with Gasteiger partial charge in [-0.3, -0.25) is 0 Å². The molecule has 0 radical (unpaired) electrons. The molecule has 27 heavy (non-hydrogen) atoms. The summed E-state index contributed by atoms with van der Waals surface area (Å²) in [6.07, 6.45) is 0. The maximum absolute atomic E-state index is 12.8. The standard InChI is InChI=1S/C20H22N2O5/c1-11-15(19(24)27-20(2,3)4)16(14(10-21)17(22)26-11)12-6-8-13(9-7-12)18(23)25-5/h6-9,16H,22H2,1-5H3/t16-/m1/s1. The number of hydrogen-bond donors (Lipinski definition) is 1. The predicted octanol–water partition coefficient (Wildman–Crippen LogP) is 2.90. The summed E-state index contributed by atoms with van der Waals surface area (Å²) in [4.78, 5) is 24.4. The van der Waals surface area contributed by atoms with Gasteiger partial charge in [-0.05, 0) is 45.4 Å². The lowest BCUT2D eigenvalue weighted by Crippen LogP contribution is -2.30. The molecule has 0 saturated carbocycles. The number of hydrogen-bond acceptors (Lipinski definition) is 7. The average molecular weight is 370 g/mol. The smallest absolute Gasteiger partial charge is 0.338 e. The number of nitrogens with zero attached hydrogens (tertiary/aromatic N) is 1. The first-order chi connectivity index (χ1) is 12.6. The first-order valence-electron chi connectivity index (χ1n) is 8.29. The third kappa shape index (κ3) is 4.29. The number of methoxy groups -OCH3 is 1. The molecule has 0 aromatic heterocycles. The monoisotopic (exact) mass is 370 g/mol. The predicted molar refractivity (Wildman–Crippen MR) is 97.0 cm³/mol. The molecule has 1 atom stereocenters. The Morgan fingerprint density at radius 1 is 1.19 bits per heavy atom. The van der Waals surface area contributed by atoms with E-state index >= 15 is 0 Å². The number of carbonyl (C=O) groups excluding carboxylic acids is 2. The quantitative estimate of drug-likeness (QED) is 0.814. The molecule has 0 bridgehead atoms. The summed E-state index contributed by atoms with van der Waals surface area (Å²) in [5.41, 5.74) is 6.40. The molecule has 0 aliphatic carbocycles. The van der Waals surface area contributed by atoms with Crippen molar-refractivity contribution in [3.8, 4) is 6.07 Å². The van der Waals surface area contributed by atoms with Crippen molar-refractivity contribution in [3.05, 3.63) is 58.2 Å². The molecule has 7 nitrogen and oxygen atoms in total. The maximum Gasteiger partial charge on any atom is 0.338 e. The minimum atomic E-state index is -0.759. The number of nitriles is 1. The first kappa shape index (κ1) is 20.0. The molecule has 2 N–H and O–H groups in total. The number of nitrogens with two attached hydrogens (primary N) is 1. The van der Waals surface area contributed by atoms with E-state index in [0.717, 1.165) is 0 Å². The highest BCUT2D eigenvalue weighted by Crippen LogP contribution is 2.40. The van der Waals surface area contributed by atoms with E-state index in [0.29, 0.717) is 11.1 Å². The summed E-state index contributed by atoms with van der Waals surface area (Å²) < 4.78 is 15.6. The second-order valence-electron chi connectivity index (χ2n) is 7.01. The lowest BCUT2D eigenvalue weighted by atomic mass is 9.83. The summed E-state index contributed by atoms with van der Waals surface area (Å²) in [5.74, 6) is -1.64. The zero-order valence-electron chi connectivity index (χ0n) is 16.0. The van der Waals surface area contributed by atoms with Gasteiger partial charge in [-0.15, -0.1) is 0 Å². The molecule has 1 aromatic carbocycles. The van der Waals surface area contributed by atoms with Crippen LogP contribution in [0.4, 0.5) is 0 Å². The molecule has 1 heterocycles. The number of benzene rings is 1. The van der Waals surface area contributed by atoms with Crippen molar-refractivity contribution >= 4 is 11.9 Å². The molecule has 0 unspecified atom stereocenters. The van der Waals surface area contributed by atoms with Crippen LogP contribution in [0.3, 0.4) is 0 Å². The van der Waals surface area contributed by atoms with Gasteiger partial charge < -0.3 is 19.9 Å². The molecule has 1 aliphatic rings. The van der Waals surface area contributed by atoms with Crippen molar-refractivity contribution in [2.45, 2.75) is 39.2 Å². The Morgan fingerprint density at radius 2 is 1.78 bits per heavy atom. The number of rotatable bonds is 3. The molecule has 142 valence electrons. The lowest BCUT2D eigenvalue weighted by molar-refractivity contribution is -0.150. The number of esters is 2. The van der Waals surface area contributed by atoms with Crippen LogP contribution >= 0.6 is 0 Å². The Bertz CT molecular complexity index is 867. The SMILES string of the molecule is COC(=O)c1ccc([C@@H]2C(C#N)=C(N)OC(C)=C2C(=O)OC(C)(C)C)cc1. The largest absolute Gasteiger partial charge is 0.465 e. The summed E-state index contributed by atoms with van der Waals surface area (Å²) in [5, 5.41) is 9.58. The number of allylic oxidation sites excluding steroid dienone is 2.